The van der Waals surface area contributed by atoms with Crippen LogP contribution in [0, 0.1) is 0 Å². The Kier molecular flexibility index (Phi) is 4.74. The molecule has 1 amide bonds. The zero-order valence-corrected chi connectivity index (χ0v) is 14.1. The van der Waals surface area contributed by atoms with Gasteiger partial charge >= 0.3 is 0 Å². The third-order valence-electron chi connectivity index (χ3n) is 3.70. The SMILES string of the molecule is O=C(Nc1nccs1)c1cccc(S(=O)(=O)N2CCCCC2)c1. The van der Waals surface area contributed by atoms with Crippen LogP contribution in [0.25, 0.3) is 0 Å². The number of nitrogens with one attached hydrogen (secondary N) is 1. The molecule has 0 radical (unpaired) electrons. The summed E-state index contributed by atoms with van der Waals surface area (Å²) in [6, 6.07) is 6.14. The van der Waals surface area contributed by atoms with E-state index in [9.17, 15) is 13.2 Å². The fraction of sp³-hybridized carbons (Fsp3) is 0.333. The van der Waals surface area contributed by atoms with Gasteiger partial charge in [-0.25, -0.2) is 13.4 Å². The summed E-state index contributed by atoms with van der Waals surface area (Å²) in [7, 11) is -3.54. The number of rotatable bonds is 4. The molecule has 0 aliphatic carbocycles. The van der Waals surface area contributed by atoms with Crippen molar-refractivity contribution in [2.24, 2.45) is 0 Å². The lowest BCUT2D eigenvalue weighted by Crippen LogP contribution is -2.35. The topological polar surface area (TPSA) is 79.4 Å². The number of aromatic nitrogens is 1. The molecule has 1 saturated heterocycles. The van der Waals surface area contributed by atoms with E-state index < -0.39 is 10.0 Å². The summed E-state index contributed by atoms with van der Waals surface area (Å²) in [5.41, 5.74) is 0.304. The van der Waals surface area contributed by atoms with Crippen molar-refractivity contribution in [1.29, 1.82) is 0 Å². The van der Waals surface area contributed by atoms with Crippen LogP contribution in [0.5, 0.6) is 0 Å². The fourth-order valence-corrected chi connectivity index (χ4v) is 4.59. The minimum atomic E-state index is -3.54. The molecule has 1 aliphatic heterocycles. The Bertz CT molecular complexity index is 782. The van der Waals surface area contributed by atoms with Crippen molar-refractivity contribution in [3.8, 4) is 0 Å². The monoisotopic (exact) mass is 351 g/mol. The smallest absolute Gasteiger partial charge is 0.257 e. The molecule has 6 nitrogen and oxygen atoms in total. The van der Waals surface area contributed by atoms with E-state index in [1.165, 1.54) is 27.8 Å². The number of nitrogens with zero attached hydrogens (tertiary/aromatic N) is 2. The van der Waals surface area contributed by atoms with E-state index in [2.05, 4.69) is 10.3 Å². The third kappa shape index (κ3) is 3.60. The quantitative estimate of drug-likeness (QED) is 0.918. The first kappa shape index (κ1) is 16.1. The minimum absolute atomic E-state index is 0.159. The second-order valence-corrected chi connectivity index (χ2v) is 8.12. The van der Waals surface area contributed by atoms with Crippen molar-refractivity contribution in [2.75, 3.05) is 18.4 Å². The predicted molar refractivity (Wildman–Crippen MR) is 89.1 cm³/mol. The van der Waals surface area contributed by atoms with Gasteiger partial charge in [0.15, 0.2) is 5.13 Å². The van der Waals surface area contributed by atoms with Crippen molar-refractivity contribution in [2.45, 2.75) is 24.2 Å². The fourth-order valence-electron chi connectivity index (χ4n) is 2.51. The molecule has 2 aromatic rings. The van der Waals surface area contributed by atoms with Crippen LogP contribution < -0.4 is 5.32 Å². The lowest BCUT2D eigenvalue weighted by Gasteiger charge is -2.26. The number of anilines is 1. The van der Waals surface area contributed by atoms with Crippen molar-refractivity contribution in [3.63, 3.8) is 0 Å². The number of amides is 1. The van der Waals surface area contributed by atoms with Gasteiger partial charge in [-0.1, -0.05) is 12.5 Å². The zero-order valence-electron chi connectivity index (χ0n) is 12.4. The molecule has 2 heterocycles. The van der Waals surface area contributed by atoms with E-state index in [1.807, 2.05) is 0 Å². The standard InChI is InChI=1S/C15H17N3O3S2/c19-14(17-15-16-7-10-22-15)12-5-4-6-13(11-12)23(20,21)18-8-2-1-3-9-18/h4-7,10-11H,1-3,8-9H2,(H,16,17,19). The first-order valence-corrected chi connectivity index (χ1v) is 9.70. The Morgan fingerprint density at radius 2 is 2.00 bits per heavy atom. The van der Waals surface area contributed by atoms with Gasteiger partial charge in [0.25, 0.3) is 5.91 Å². The maximum atomic E-state index is 12.7. The Morgan fingerprint density at radius 3 is 2.70 bits per heavy atom. The molecule has 0 saturated carbocycles. The molecule has 1 aromatic heterocycles. The molecule has 1 aliphatic rings. The summed E-state index contributed by atoms with van der Waals surface area (Å²) in [5.74, 6) is -0.365. The van der Waals surface area contributed by atoms with Gasteiger partial charge in [0.1, 0.15) is 0 Å². The van der Waals surface area contributed by atoms with Crippen molar-refractivity contribution >= 4 is 32.4 Å². The molecule has 122 valence electrons. The van der Waals surface area contributed by atoms with Gasteiger partial charge in [0, 0.05) is 30.2 Å². The van der Waals surface area contributed by atoms with Gasteiger partial charge in [0.05, 0.1) is 4.90 Å². The van der Waals surface area contributed by atoms with Crippen LogP contribution in [0.1, 0.15) is 29.6 Å². The lowest BCUT2D eigenvalue weighted by atomic mass is 10.2. The molecular weight excluding hydrogens is 334 g/mol. The molecule has 0 unspecified atom stereocenters. The average molecular weight is 351 g/mol. The summed E-state index contributed by atoms with van der Waals surface area (Å²) in [4.78, 5) is 16.4. The van der Waals surface area contributed by atoms with Crippen LogP contribution in [-0.2, 0) is 10.0 Å². The molecule has 1 N–H and O–H groups in total. The molecule has 0 bridgehead atoms. The Hall–Kier alpha value is -1.77. The minimum Gasteiger partial charge on any atom is -0.298 e. The highest BCUT2D eigenvalue weighted by molar-refractivity contribution is 7.89. The van der Waals surface area contributed by atoms with Crippen LogP contribution in [-0.4, -0.2) is 36.7 Å². The average Bonchev–Trinajstić information content (AvgIpc) is 3.09. The highest BCUT2D eigenvalue weighted by Crippen LogP contribution is 2.22. The number of carbonyl (C=O) groups is 1. The van der Waals surface area contributed by atoms with Crippen molar-refractivity contribution in [3.05, 3.63) is 41.4 Å². The Balaban J connectivity index is 1.83. The molecule has 0 spiro atoms. The number of hydrogen-bond acceptors (Lipinski definition) is 5. The largest absolute Gasteiger partial charge is 0.298 e. The molecular formula is C15H17N3O3S2. The summed E-state index contributed by atoms with van der Waals surface area (Å²) in [6.45, 7) is 1.08. The van der Waals surface area contributed by atoms with Crippen LogP contribution in [0.2, 0.25) is 0 Å². The van der Waals surface area contributed by atoms with Gasteiger partial charge in [-0.15, -0.1) is 11.3 Å². The van der Waals surface area contributed by atoms with E-state index in [-0.39, 0.29) is 10.8 Å². The van der Waals surface area contributed by atoms with E-state index >= 15 is 0 Å². The second-order valence-electron chi connectivity index (χ2n) is 5.28. The number of sulfonamides is 1. The van der Waals surface area contributed by atoms with Crippen molar-refractivity contribution in [1.82, 2.24) is 9.29 Å². The third-order valence-corrected chi connectivity index (χ3v) is 6.28. The van der Waals surface area contributed by atoms with Crippen molar-refractivity contribution < 1.29 is 13.2 Å². The highest BCUT2D eigenvalue weighted by atomic mass is 32.2. The second kappa shape index (κ2) is 6.77. The first-order valence-electron chi connectivity index (χ1n) is 7.38. The van der Waals surface area contributed by atoms with Gasteiger partial charge < -0.3 is 0 Å². The number of piperidine rings is 1. The maximum Gasteiger partial charge on any atom is 0.257 e. The van der Waals surface area contributed by atoms with Crippen LogP contribution in [0.3, 0.4) is 0 Å². The molecule has 1 aromatic carbocycles. The van der Waals surface area contributed by atoms with Crippen LogP contribution in [0.15, 0.2) is 40.7 Å². The summed E-state index contributed by atoms with van der Waals surface area (Å²) in [5, 5.41) is 4.90. The van der Waals surface area contributed by atoms with E-state index in [0.29, 0.717) is 23.8 Å². The van der Waals surface area contributed by atoms with Gasteiger partial charge in [-0.3, -0.25) is 10.1 Å². The Morgan fingerprint density at radius 1 is 1.22 bits per heavy atom. The Labute approximate surface area is 139 Å². The summed E-state index contributed by atoms with van der Waals surface area (Å²) < 4.78 is 26.8. The van der Waals surface area contributed by atoms with Gasteiger partial charge in [-0.2, -0.15) is 4.31 Å². The molecule has 1 fully saturated rings. The number of thiazole rings is 1. The molecule has 23 heavy (non-hydrogen) atoms. The van der Waals surface area contributed by atoms with Crippen LogP contribution in [0.4, 0.5) is 5.13 Å². The van der Waals surface area contributed by atoms with Gasteiger partial charge in [0.2, 0.25) is 10.0 Å². The van der Waals surface area contributed by atoms with E-state index in [1.54, 1.807) is 23.7 Å². The molecule has 3 rings (SSSR count). The van der Waals surface area contributed by atoms with Crippen LogP contribution >= 0.6 is 11.3 Å². The predicted octanol–water partition coefficient (Wildman–Crippen LogP) is 2.57. The highest BCUT2D eigenvalue weighted by Gasteiger charge is 2.26. The van der Waals surface area contributed by atoms with E-state index in [4.69, 9.17) is 0 Å². The maximum absolute atomic E-state index is 12.7. The number of benzene rings is 1. The summed E-state index contributed by atoms with van der Waals surface area (Å²) >= 11 is 1.31. The number of carbonyl (C=O) groups excluding carboxylic acids is 1. The molecule has 8 heteroatoms. The number of hydrogen-bond donors (Lipinski definition) is 1. The lowest BCUT2D eigenvalue weighted by molar-refractivity contribution is 0.102. The first-order chi connectivity index (χ1) is 11.1. The molecule has 0 atom stereocenters. The van der Waals surface area contributed by atoms with Gasteiger partial charge in [-0.05, 0) is 31.0 Å². The summed E-state index contributed by atoms with van der Waals surface area (Å²) in [6.07, 6.45) is 4.41. The zero-order chi connectivity index (χ0) is 16.3. The normalized spacial score (nSPS) is 16.2. The van der Waals surface area contributed by atoms with E-state index in [0.717, 1.165) is 19.3 Å².